The van der Waals surface area contributed by atoms with Gasteiger partial charge in [0.05, 0.1) is 6.54 Å². The van der Waals surface area contributed by atoms with Crippen LogP contribution in [0.5, 0.6) is 0 Å². The van der Waals surface area contributed by atoms with E-state index in [2.05, 4.69) is 36.8 Å². The van der Waals surface area contributed by atoms with Crippen molar-refractivity contribution >= 4 is 31.9 Å². The molecular weight excluding hydrogens is 348 g/mol. The van der Waals surface area contributed by atoms with Crippen LogP contribution < -0.4 is 5.56 Å². The minimum atomic E-state index is -0.0579. The molecule has 0 aliphatic carbocycles. The summed E-state index contributed by atoms with van der Waals surface area (Å²) < 4.78 is 3.13. The van der Waals surface area contributed by atoms with Gasteiger partial charge in [0.15, 0.2) is 0 Å². The molecule has 0 aliphatic heterocycles. The van der Waals surface area contributed by atoms with Crippen LogP contribution in [0.25, 0.3) is 0 Å². The number of hydrogen-bond donors (Lipinski definition) is 0. The maximum Gasteiger partial charge on any atom is 0.268 e. The Morgan fingerprint density at radius 3 is 2.82 bits per heavy atom. The Morgan fingerprint density at radius 2 is 2.12 bits per heavy atom. The molecule has 0 unspecified atom stereocenters. The largest absolute Gasteiger partial charge is 0.291 e. The Balaban J connectivity index is 2.43. The molecule has 0 N–H and O–H groups in total. The monoisotopic (exact) mass is 356 g/mol. The molecule has 17 heavy (non-hydrogen) atoms. The molecule has 3 nitrogen and oxygen atoms in total. The fourth-order valence-corrected chi connectivity index (χ4v) is 2.32. The van der Waals surface area contributed by atoms with Crippen molar-refractivity contribution in [3.05, 3.63) is 61.1 Å². The summed E-state index contributed by atoms with van der Waals surface area (Å²) in [6, 6.07) is 7.88. The molecule has 0 atom stereocenters. The second-order valence-corrected chi connectivity index (χ2v) is 5.44. The van der Waals surface area contributed by atoms with E-state index in [1.54, 1.807) is 4.57 Å². The van der Waals surface area contributed by atoms with Gasteiger partial charge >= 0.3 is 0 Å². The summed E-state index contributed by atoms with van der Waals surface area (Å²) in [6.45, 7) is 2.35. The molecule has 0 radical (unpaired) electrons. The van der Waals surface area contributed by atoms with Gasteiger partial charge in [-0.1, -0.05) is 28.1 Å². The molecule has 1 heterocycles. The summed E-state index contributed by atoms with van der Waals surface area (Å²) >= 11 is 6.62. The first kappa shape index (κ1) is 12.5. The summed E-state index contributed by atoms with van der Waals surface area (Å²) in [4.78, 5) is 16.1. The third-order valence-electron chi connectivity index (χ3n) is 2.43. The highest BCUT2D eigenvalue weighted by atomic mass is 79.9. The maximum atomic E-state index is 11.9. The van der Waals surface area contributed by atoms with E-state index in [9.17, 15) is 4.79 Å². The lowest BCUT2D eigenvalue weighted by molar-refractivity contribution is 0.695. The average molecular weight is 358 g/mol. The zero-order chi connectivity index (χ0) is 12.4. The smallest absolute Gasteiger partial charge is 0.268 e. The lowest BCUT2D eigenvalue weighted by Crippen LogP contribution is -2.24. The van der Waals surface area contributed by atoms with Gasteiger partial charge in [-0.15, -0.1) is 0 Å². The molecular formula is C12H10Br2N2O. The van der Waals surface area contributed by atoms with Crippen LogP contribution in [-0.4, -0.2) is 9.55 Å². The van der Waals surface area contributed by atoms with Gasteiger partial charge in [0.2, 0.25) is 0 Å². The van der Waals surface area contributed by atoms with E-state index >= 15 is 0 Å². The van der Waals surface area contributed by atoms with Crippen molar-refractivity contribution in [3.63, 3.8) is 0 Å². The molecule has 2 aromatic rings. The van der Waals surface area contributed by atoms with Crippen LogP contribution in [0.1, 0.15) is 11.4 Å². The molecule has 0 saturated heterocycles. The predicted molar refractivity (Wildman–Crippen MR) is 74.2 cm³/mol. The topological polar surface area (TPSA) is 34.9 Å². The number of rotatable bonds is 2. The summed E-state index contributed by atoms with van der Waals surface area (Å²) in [6.07, 6.45) is 1.54. The summed E-state index contributed by atoms with van der Waals surface area (Å²) in [7, 11) is 0. The number of halogens is 2. The zero-order valence-corrected chi connectivity index (χ0v) is 12.3. The Morgan fingerprint density at radius 1 is 1.35 bits per heavy atom. The summed E-state index contributed by atoms with van der Waals surface area (Å²) in [5, 5.41) is 0. The van der Waals surface area contributed by atoms with Gasteiger partial charge in [0, 0.05) is 10.7 Å². The second kappa shape index (κ2) is 5.14. The molecule has 88 valence electrons. The number of hydrogen-bond acceptors (Lipinski definition) is 2. The van der Waals surface area contributed by atoms with Crippen LogP contribution in [0, 0.1) is 6.92 Å². The first-order chi connectivity index (χ1) is 8.08. The van der Waals surface area contributed by atoms with Crippen molar-refractivity contribution in [1.29, 1.82) is 0 Å². The minimum absolute atomic E-state index is 0.0579. The highest BCUT2D eigenvalue weighted by Gasteiger charge is 2.06. The van der Waals surface area contributed by atoms with E-state index in [0.717, 1.165) is 10.0 Å². The molecule has 0 spiro atoms. The van der Waals surface area contributed by atoms with E-state index in [1.807, 2.05) is 31.2 Å². The molecule has 0 aliphatic rings. The van der Waals surface area contributed by atoms with Gasteiger partial charge in [-0.3, -0.25) is 9.36 Å². The normalized spacial score (nSPS) is 10.5. The van der Waals surface area contributed by atoms with Crippen LogP contribution in [0.3, 0.4) is 0 Å². The minimum Gasteiger partial charge on any atom is -0.291 e. The lowest BCUT2D eigenvalue weighted by atomic mass is 10.2. The van der Waals surface area contributed by atoms with Crippen LogP contribution >= 0.6 is 31.9 Å². The van der Waals surface area contributed by atoms with Gasteiger partial charge in [-0.2, -0.15) is 0 Å². The average Bonchev–Trinajstić information content (AvgIpc) is 2.30. The first-order valence-electron chi connectivity index (χ1n) is 5.04. The van der Waals surface area contributed by atoms with Gasteiger partial charge in [0.25, 0.3) is 5.56 Å². The lowest BCUT2D eigenvalue weighted by Gasteiger charge is -2.09. The molecule has 1 aromatic heterocycles. The molecule has 0 amide bonds. The third-order valence-corrected chi connectivity index (χ3v) is 3.47. The van der Waals surface area contributed by atoms with Crippen molar-refractivity contribution in [3.8, 4) is 0 Å². The number of benzene rings is 1. The molecule has 0 bridgehead atoms. The number of aromatic nitrogens is 2. The summed E-state index contributed by atoms with van der Waals surface area (Å²) in [5.41, 5.74) is 1.00. The highest BCUT2D eigenvalue weighted by molar-refractivity contribution is 9.10. The van der Waals surface area contributed by atoms with Crippen molar-refractivity contribution in [1.82, 2.24) is 9.55 Å². The Kier molecular flexibility index (Phi) is 3.79. The highest BCUT2D eigenvalue weighted by Crippen LogP contribution is 2.13. The van der Waals surface area contributed by atoms with Crippen molar-refractivity contribution in [2.75, 3.05) is 0 Å². The first-order valence-corrected chi connectivity index (χ1v) is 6.63. The molecule has 5 heteroatoms. The standard InChI is InChI=1S/C12H10Br2N2O/c1-8-15-6-11(14)12(17)16(8)7-9-3-2-4-10(13)5-9/h2-6H,7H2,1H3. The van der Waals surface area contributed by atoms with E-state index in [-0.39, 0.29) is 5.56 Å². The van der Waals surface area contributed by atoms with Gasteiger partial charge in [-0.25, -0.2) is 4.98 Å². The molecule has 0 saturated carbocycles. The maximum absolute atomic E-state index is 11.9. The molecule has 0 fully saturated rings. The Hall–Kier alpha value is -0.940. The van der Waals surface area contributed by atoms with Crippen molar-refractivity contribution in [2.45, 2.75) is 13.5 Å². The Labute approximate surface area is 116 Å². The SMILES string of the molecule is Cc1ncc(Br)c(=O)n1Cc1cccc(Br)c1. The number of nitrogens with zero attached hydrogens (tertiary/aromatic N) is 2. The fraction of sp³-hybridized carbons (Fsp3) is 0.167. The number of aryl methyl sites for hydroxylation is 1. The van der Waals surface area contributed by atoms with Crippen LogP contribution in [0.2, 0.25) is 0 Å². The van der Waals surface area contributed by atoms with Gasteiger partial charge < -0.3 is 0 Å². The second-order valence-electron chi connectivity index (χ2n) is 3.67. The predicted octanol–water partition coefficient (Wildman–Crippen LogP) is 3.13. The third kappa shape index (κ3) is 2.84. The van der Waals surface area contributed by atoms with Crippen LogP contribution in [0.4, 0.5) is 0 Å². The summed E-state index contributed by atoms with van der Waals surface area (Å²) in [5.74, 6) is 0.707. The van der Waals surface area contributed by atoms with Gasteiger partial charge in [0.1, 0.15) is 10.3 Å². The van der Waals surface area contributed by atoms with Crippen molar-refractivity contribution in [2.24, 2.45) is 0 Å². The van der Waals surface area contributed by atoms with Gasteiger partial charge in [-0.05, 0) is 40.5 Å². The van der Waals surface area contributed by atoms with E-state index in [4.69, 9.17) is 0 Å². The van der Waals surface area contributed by atoms with E-state index in [1.165, 1.54) is 6.20 Å². The Bertz CT molecular complexity index is 608. The van der Waals surface area contributed by atoms with Crippen molar-refractivity contribution < 1.29 is 0 Å². The van der Waals surface area contributed by atoms with Crippen LogP contribution in [0.15, 0.2) is 44.2 Å². The van der Waals surface area contributed by atoms with E-state index < -0.39 is 0 Å². The fourth-order valence-electron chi connectivity index (χ4n) is 1.55. The molecule has 1 aromatic carbocycles. The molecule has 2 rings (SSSR count). The van der Waals surface area contributed by atoms with E-state index in [0.29, 0.717) is 16.8 Å². The van der Waals surface area contributed by atoms with Crippen LogP contribution in [-0.2, 0) is 6.54 Å². The quantitative estimate of drug-likeness (QED) is 0.827. The zero-order valence-electron chi connectivity index (χ0n) is 9.15.